The van der Waals surface area contributed by atoms with Crippen LogP contribution in [0.1, 0.15) is 44.9 Å². The smallest absolute Gasteiger partial charge is 0.224 e. The molecule has 0 radical (unpaired) electrons. The number of aliphatic hydroxyl groups is 1. The predicted molar refractivity (Wildman–Crippen MR) is 71.3 cm³/mol. The van der Waals surface area contributed by atoms with Gasteiger partial charge in [0, 0.05) is 32.2 Å². The molecule has 18 heavy (non-hydrogen) atoms. The van der Waals surface area contributed by atoms with E-state index in [1.54, 1.807) is 0 Å². The van der Waals surface area contributed by atoms with Crippen LogP contribution in [0.4, 0.5) is 0 Å². The van der Waals surface area contributed by atoms with Gasteiger partial charge >= 0.3 is 0 Å². The molecule has 1 N–H and O–H groups in total. The zero-order valence-corrected chi connectivity index (χ0v) is 11.3. The maximum atomic E-state index is 12.2. The van der Waals surface area contributed by atoms with Crippen LogP contribution >= 0.6 is 0 Å². The number of hydrogen-bond donors (Lipinski definition) is 1. The molecule has 0 aromatic heterocycles. The fourth-order valence-electron chi connectivity index (χ4n) is 3.19. The first-order valence-corrected chi connectivity index (χ1v) is 7.44. The monoisotopic (exact) mass is 254 g/mol. The van der Waals surface area contributed by atoms with E-state index < -0.39 is 0 Å². The lowest BCUT2D eigenvalue weighted by Gasteiger charge is -2.25. The first kappa shape index (κ1) is 13.8. The van der Waals surface area contributed by atoms with Crippen molar-refractivity contribution in [2.45, 2.75) is 51.0 Å². The quantitative estimate of drug-likeness (QED) is 0.775. The average Bonchev–Trinajstić information content (AvgIpc) is 3.04. The van der Waals surface area contributed by atoms with Crippen LogP contribution in [0.5, 0.6) is 0 Å². The van der Waals surface area contributed by atoms with Crippen molar-refractivity contribution in [3.8, 4) is 0 Å². The third-order valence-corrected chi connectivity index (χ3v) is 4.23. The van der Waals surface area contributed by atoms with Gasteiger partial charge in [-0.1, -0.05) is 0 Å². The Labute approximate surface area is 110 Å². The van der Waals surface area contributed by atoms with Crippen molar-refractivity contribution < 1.29 is 9.90 Å². The van der Waals surface area contributed by atoms with Crippen molar-refractivity contribution in [2.24, 2.45) is 0 Å². The van der Waals surface area contributed by atoms with Gasteiger partial charge in [0.15, 0.2) is 0 Å². The SMILES string of the molecule is O=C(CCN1CCCC1)N1CCCC1CCCO. The van der Waals surface area contributed by atoms with Crippen LogP contribution in [0, 0.1) is 0 Å². The number of nitrogens with zero attached hydrogens (tertiary/aromatic N) is 2. The normalized spacial score (nSPS) is 24.9. The molecule has 0 aliphatic carbocycles. The van der Waals surface area contributed by atoms with E-state index in [9.17, 15) is 4.79 Å². The number of hydrogen-bond acceptors (Lipinski definition) is 3. The Balaban J connectivity index is 1.72. The van der Waals surface area contributed by atoms with Gasteiger partial charge in [-0.25, -0.2) is 0 Å². The van der Waals surface area contributed by atoms with Gasteiger partial charge in [-0.3, -0.25) is 4.79 Å². The van der Waals surface area contributed by atoms with Crippen molar-refractivity contribution in [3.63, 3.8) is 0 Å². The number of amides is 1. The summed E-state index contributed by atoms with van der Waals surface area (Å²) in [5.74, 6) is 0.322. The zero-order valence-electron chi connectivity index (χ0n) is 11.3. The number of aliphatic hydroxyl groups excluding tert-OH is 1. The molecule has 2 fully saturated rings. The van der Waals surface area contributed by atoms with E-state index in [4.69, 9.17) is 5.11 Å². The Hall–Kier alpha value is -0.610. The molecule has 0 spiro atoms. The molecule has 0 aromatic rings. The van der Waals surface area contributed by atoms with Crippen LogP contribution in [0.15, 0.2) is 0 Å². The molecule has 0 bridgehead atoms. The molecule has 2 aliphatic heterocycles. The highest BCUT2D eigenvalue weighted by Gasteiger charge is 2.28. The lowest BCUT2D eigenvalue weighted by atomic mass is 10.1. The van der Waals surface area contributed by atoms with Crippen LogP contribution < -0.4 is 0 Å². The van der Waals surface area contributed by atoms with Crippen molar-refractivity contribution in [1.82, 2.24) is 9.80 Å². The van der Waals surface area contributed by atoms with Gasteiger partial charge < -0.3 is 14.9 Å². The Morgan fingerprint density at radius 1 is 1.17 bits per heavy atom. The Morgan fingerprint density at radius 2 is 1.94 bits per heavy atom. The fraction of sp³-hybridized carbons (Fsp3) is 0.929. The predicted octanol–water partition coefficient (Wildman–Crippen LogP) is 1.24. The van der Waals surface area contributed by atoms with Gasteiger partial charge in [0.1, 0.15) is 0 Å². The van der Waals surface area contributed by atoms with Crippen molar-refractivity contribution in [1.29, 1.82) is 0 Å². The molecule has 4 heteroatoms. The lowest BCUT2D eigenvalue weighted by molar-refractivity contribution is -0.132. The average molecular weight is 254 g/mol. The van der Waals surface area contributed by atoms with Gasteiger partial charge in [0.2, 0.25) is 5.91 Å². The van der Waals surface area contributed by atoms with Crippen molar-refractivity contribution >= 4 is 5.91 Å². The molecule has 0 aromatic carbocycles. The van der Waals surface area contributed by atoms with Crippen molar-refractivity contribution in [2.75, 3.05) is 32.8 Å². The Kier molecular flexibility index (Phi) is 5.45. The van der Waals surface area contributed by atoms with E-state index in [2.05, 4.69) is 9.80 Å². The second kappa shape index (κ2) is 7.10. The van der Waals surface area contributed by atoms with Crippen LogP contribution in [0.25, 0.3) is 0 Å². The van der Waals surface area contributed by atoms with Crippen LogP contribution in [0.3, 0.4) is 0 Å². The van der Waals surface area contributed by atoms with Gasteiger partial charge in [-0.15, -0.1) is 0 Å². The summed E-state index contributed by atoms with van der Waals surface area (Å²) >= 11 is 0. The summed E-state index contributed by atoms with van der Waals surface area (Å²) in [6.07, 6.45) is 7.29. The van der Waals surface area contributed by atoms with Crippen LogP contribution in [0.2, 0.25) is 0 Å². The lowest BCUT2D eigenvalue weighted by Crippen LogP contribution is -2.37. The molecule has 0 saturated carbocycles. The molecule has 1 unspecified atom stereocenters. The molecule has 2 rings (SSSR count). The molecular formula is C14H26N2O2. The number of likely N-dealkylation sites (tertiary alicyclic amines) is 2. The van der Waals surface area contributed by atoms with E-state index in [1.807, 2.05) is 0 Å². The summed E-state index contributed by atoms with van der Waals surface area (Å²) in [6, 6.07) is 0.392. The van der Waals surface area contributed by atoms with Crippen LogP contribution in [-0.2, 0) is 4.79 Å². The van der Waals surface area contributed by atoms with Crippen LogP contribution in [-0.4, -0.2) is 59.6 Å². The zero-order chi connectivity index (χ0) is 12.8. The third-order valence-electron chi connectivity index (χ3n) is 4.23. The second-order valence-electron chi connectivity index (χ2n) is 5.55. The second-order valence-corrected chi connectivity index (χ2v) is 5.55. The highest BCUT2D eigenvalue weighted by Crippen LogP contribution is 2.22. The van der Waals surface area contributed by atoms with E-state index in [1.165, 1.54) is 25.9 Å². The highest BCUT2D eigenvalue weighted by atomic mass is 16.3. The van der Waals surface area contributed by atoms with E-state index in [-0.39, 0.29) is 6.61 Å². The molecule has 1 amide bonds. The molecule has 2 heterocycles. The van der Waals surface area contributed by atoms with Gasteiger partial charge in [0.25, 0.3) is 0 Å². The summed E-state index contributed by atoms with van der Waals surface area (Å²) in [5, 5.41) is 8.89. The molecule has 1 atom stereocenters. The Morgan fingerprint density at radius 3 is 2.67 bits per heavy atom. The number of carbonyl (C=O) groups is 1. The molecular weight excluding hydrogens is 228 g/mol. The first-order valence-electron chi connectivity index (χ1n) is 7.44. The summed E-state index contributed by atoms with van der Waals surface area (Å²) in [4.78, 5) is 16.7. The summed E-state index contributed by atoms with van der Waals surface area (Å²) < 4.78 is 0. The largest absolute Gasteiger partial charge is 0.396 e. The minimum absolute atomic E-state index is 0.242. The van der Waals surface area contributed by atoms with E-state index in [0.29, 0.717) is 18.4 Å². The maximum Gasteiger partial charge on any atom is 0.224 e. The highest BCUT2D eigenvalue weighted by molar-refractivity contribution is 5.77. The standard InChI is InChI=1S/C14H26N2O2/c17-12-4-6-13-5-3-10-16(13)14(18)7-11-15-8-1-2-9-15/h13,17H,1-12H2. The summed E-state index contributed by atoms with van der Waals surface area (Å²) in [5.41, 5.74) is 0. The van der Waals surface area contributed by atoms with Gasteiger partial charge in [-0.05, 0) is 51.6 Å². The molecule has 4 nitrogen and oxygen atoms in total. The van der Waals surface area contributed by atoms with E-state index in [0.717, 1.165) is 38.8 Å². The van der Waals surface area contributed by atoms with Gasteiger partial charge in [-0.2, -0.15) is 0 Å². The molecule has 104 valence electrons. The van der Waals surface area contributed by atoms with Crippen molar-refractivity contribution in [3.05, 3.63) is 0 Å². The van der Waals surface area contributed by atoms with Gasteiger partial charge in [0.05, 0.1) is 0 Å². The minimum Gasteiger partial charge on any atom is -0.396 e. The van der Waals surface area contributed by atoms with E-state index >= 15 is 0 Å². The number of carbonyl (C=O) groups excluding carboxylic acids is 1. The topological polar surface area (TPSA) is 43.8 Å². The first-order chi connectivity index (χ1) is 8.81. The maximum absolute atomic E-state index is 12.2. The molecule has 2 saturated heterocycles. The molecule has 2 aliphatic rings. The Bertz CT molecular complexity index is 265. The summed E-state index contributed by atoms with van der Waals surface area (Å²) in [7, 11) is 0. The third kappa shape index (κ3) is 3.69. The summed E-state index contributed by atoms with van der Waals surface area (Å²) in [6.45, 7) is 4.44. The number of rotatable bonds is 6. The fourth-order valence-corrected chi connectivity index (χ4v) is 3.19. The minimum atomic E-state index is 0.242.